The van der Waals surface area contributed by atoms with Crippen LogP contribution in [0.3, 0.4) is 0 Å². The Balaban J connectivity index is 2.80. The van der Waals surface area contributed by atoms with Crippen molar-refractivity contribution in [2.75, 3.05) is 12.0 Å². The van der Waals surface area contributed by atoms with Gasteiger partial charge in [-0.15, -0.1) is 11.8 Å². The van der Waals surface area contributed by atoms with Gasteiger partial charge in [0.15, 0.2) is 0 Å². The number of benzene rings is 1. The molecule has 1 aromatic heterocycles. The van der Waals surface area contributed by atoms with Crippen LogP contribution >= 0.6 is 11.8 Å². The Bertz CT molecular complexity index is 760. The lowest BCUT2D eigenvalue weighted by molar-refractivity contribution is -0.137. The highest BCUT2D eigenvalue weighted by molar-refractivity contribution is 7.98. The summed E-state index contributed by atoms with van der Waals surface area (Å²) in [5.41, 5.74) is 5.03. The molecule has 0 spiro atoms. The zero-order chi connectivity index (χ0) is 17.0. The van der Waals surface area contributed by atoms with Crippen LogP contribution in [-0.2, 0) is 11.0 Å². The van der Waals surface area contributed by atoms with Gasteiger partial charge < -0.3 is 5.73 Å². The number of nitrogens with zero attached hydrogens (tertiary/aromatic N) is 2. The van der Waals surface area contributed by atoms with Crippen LogP contribution in [0.5, 0.6) is 0 Å². The van der Waals surface area contributed by atoms with E-state index in [1.54, 1.807) is 6.26 Å². The van der Waals surface area contributed by atoms with Crippen molar-refractivity contribution in [3.63, 3.8) is 0 Å². The van der Waals surface area contributed by atoms with Gasteiger partial charge in [-0.05, 0) is 24.5 Å². The summed E-state index contributed by atoms with van der Waals surface area (Å²) in [4.78, 5) is 18.5. The Morgan fingerprint density at radius 1 is 1.22 bits per heavy atom. The fourth-order valence-electron chi connectivity index (χ4n) is 2.05. The number of nitrogen functional groups attached to an aromatic ring is 1. The lowest BCUT2D eigenvalue weighted by Crippen LogP contribution is -2.09. The smallest absolute Gasteiger partial charge is 0.368 e. The zero-order valence-electron chi connectivity index (χ0n) is 12.0. The van der Waals surface area contributed by atoms with E-state index >= 15 is 0 Å². The minimum atomic E-state index is -4.54. The standard InChI is InChI=1S/C15H12F3N3OS/c1-23-13-10(6-4-8-22)12(20-14(19)21-13)9-5-2-3-7-11(9)15(16,17)18/h2-8H,1H3,(H2,19,20,21)/b6-4+. The van der Waals surface area contributed by atoms with Crippen molar-refractivity contribution in [3.05, 3.63) is 41.5 Å². The first kappa shape index (κ1) is 17.0. The second-order valence-electron chi connectivity index (χ2n) is 4.39. The number of allylic oxidation sites excluding steroid dienone is 1. The number of rotatable bonds is 4. The summed E-state index contributed by atoms with van der Waals surface area (Å²) in [7, 11) is 0. The third kappa shape index (κ3) is 3.70. The van der Waals surface area contributed by atoms with E-state index in [-0.39, 0.29) is 17.2 Å². The lowest BCUT2D eigenvalue weighted by atomic mass is 10.0. The molecule has 0 bridgehead atoms. The normalized spacial score (nSPS) is 11.8. The molecule has 0 aliphatic rings. The van der Waals surface area contributed by atoms with E-state index in [0.29, 0.717) is 16.9 Å². The molecule has 0 saturated heterocycles. The molecule has 4 nitrogen and oxygen atoms in total. The van der Waals surface area contributed by atoms with Crippen LogP contribution in [0.2, 0.25) is 0 Å². The number of aromatic nitrogens is 2. The van der Waals surface area contributed by atoms with Gasteiger partial charge in [0.05, 0.1) is 11.3 Å². The topological polar surface area (TPSA) is 68.9 Å². The molecule has 1 heterocycles. The second kappa shape index (κ2) is 6.82. The number of carbonyl (C=O) groups excluding carboxylic acids is 1. The van der Waals surface area contributed by atoms with Crippen LogP contribution in [0.15, 0.2) is 35.4 Å². The van der Waals surface area contributed by atoms with Gasteiger partial charge in [0.2, 0.25) is 5.95 Å². The fraction of sp³-hybridized carbons (Fsp3) is 0.133. The number of carbonyl (C=O) groups is 1. The Hall–Kier alpha value is -2.35. The van der Waals surface area contributed by atoms with Crippen LogP contribution in [0.4, 0.5) is 19.1 Å². The molecule has 120 valence electrons. The van der Waals surface area contributed by atoms with Crippen LogP contribution in [-0.4, -0.2) is 22.5 Å². The fourth-order valence-corrected chi connectivity index (χ4v) is 2.62. The van der Waals surface area contributed by atoms with E-state index in [2.05, 4.69) is 9.97 Å². The Labute approximate surface area is 134 Å². The maximum Gasteiger partial charge on any atom is 0.417 e. The largest absolute Gasteiger partial charge is 0.417 e. The number of alkyl halides is 3. The van der Waals surface area contributed by atoms with Gasteiger partial charge in [-0.3, -0.25) is 4.79 Å². The predicted molar refractivity (Wildman–Crippen MR) is 83.8 cm³/mol. The maximum absolute atomic E-state index is 13.2. The van der Waals surface area contributed by atoms with E-state index in [1.807, 2.05) is 0 Å². The summed E-state index contributed by atoms with van der Waals surface area (Å²) < 4.78 is 39.7. The minimum Gasteiger partial charge on any atom is -0.368 e. The van der Waals surface area contributed by atoms with Gasteiger partial charge in [0.25, 0.3) is 0 Å². The van der Waals surface area contributed by atoms with E-state index in [9.17, 15) is 18.0 Å². The Morgan fingerprint density at radius 3 is 2.52 bits per heavy atom. The van der Waals surface area contributed by atoms with Crippen molar-refractivity contribution in [2.45, 2.75) is 11.2 Å². The Morgan fingerprint density at radius 2 is 1.91 bits per heavy atom. The van der Waals surface area contributed by atoms with Gasteiger partial charge in [0, 0.05) is 11.1 Å². The number of thioether (sulfide) groups is 1. The van der Waals surface area contributed by atoms with Crippen molar-refractivity contribution >= 4 is 30.1 Å². The predicted octanol–water partition coefficient (Wildman–Crippen LogP) is 3.68. The second-order valence-corrected chi connectivity index (χ2v) is 5.19. The van der Waals surface area contributed by atoms with E-state index in [1.165, 1.54) is 42.1 Å². The average Bonchev–Trinajstić information content (AvgIpc) is 2.52. The van der Waals surface area contributed by atoms with Crippen molar-refractivity contribution < 1.29 is 18.0 Å². The molecule has 2 aromatic rings. The number of aldehydes is 1. The molecule has 0 aliphatic carbocycles. The summed E-state index contributed by atoms with van der Waals surface area (Å²) in [6, 6.07) is 5.06. The first-order valence-electron chi connectivity index (χ1n) is 6.38. The first-order valence-corrected chi connectivity index (χ1v) is 7.61. The Kier molecular flexibility index (Phi) is 5.05. The maximum atomic E-state index is 13.2. The number of hydrogen-bond donors (Lipinski definition) is 1. The quantitative estimate of drug-likeness (QED) is 0.398. The van der Waals surface area contributed by atoms with E-state index < -0.39 is 11.7 Å². The van der Waals surface area contributed by atoms with Gasteiger partial charge in [-0.1, -0.05) is 18.2 Å². The van der Waals surface area contributed by atoms with Crippen LogP contribution in [0.1, 0.15) is 11.1 Å². The van der Waals surface area contributed by atoms with Gasteiger partial charge in [-0.25, -0.2) is 9.97 Å². The van der Waals surface area contributed by atoms with Crippen molar-refractivity contribution in [1.82, 2.24) is 9.97 Å². The van der Waals surface area contributed by atoms with E-state index in [0.717, 1.165) is 6.07 Å². The third-order valence-electron chi connectivity index (χ3n) is 2.95. The zero-order valence-corrected chi connectivity index (χ0v) is 12.8. The molecule has 0 aliphatic heterocycles. The average molecular weight is 339 g/mol. The third-order valence-corrected chi connectivity index (χ3v) is 3.65. The highest BCUT2D eigenvalue weighted by Gasteiger charge is 2.34. The van der Waals surface area contributed by atoms with Crippen LogP contribution in [0.25, 0.3) is 17.3 Å². The molecule has 2 N–H and O–H groups in total. The molecule has 0 atom stereocenters. The van der Waals surface area contributed by atoms with Gasteiger partial charge >= 0.3 is 6.18 Å². The number of anilines is 1. The molecule has 0 fully saturated rings. The molecule has 23 heavy (non-hydrogen) atoms. The van der Waals surface area contributed by atoms with Crippen molar-refractivity contribution in [3.8, 4) is 11.3 Å². The lowest BCUT2D eigenvalue weighted by Gasteiger charge is -2.15. The van der Waals surface area contributed by atoms with Crippen LogP contribution in [0, 0.1) is 0 Å². The molecule has 0 saturated carbocycles. The summed E-state index contributed by atoms with van der Waals surface area (Å²) in [6.45, 7) is 0. The summed E-state index contributed by atoms with van der Waals surface area (Å²) in [5, 5.41) is 0.391. The molecular weight excluding hydrogens is 327 g/mol. The monoisotopic (exact) mass is 339 g/mol. The molecule has 0 unspecified atom stereocenters. The summed E-state index contributed by atoms with van der Waals surface area (Å²) in [5.74, 6) is -0.135. The van der Waals surface area contributed by atoms with Crippen molar-refractivity contribution in [2.24, 2.45) is 0 Å². The number of nitrogens with two attached hydrogens (primary N) is 1. The molecule has 1 aromatic carbocycles. The number of hydrogen-bond acceptors (Lipinski definition) is 5. The van der Waals surface area contributed by atoms with Gasteiger partial charge in [-0.2, -0.15) is 13.2 Å². The highest BCUT2D eigenvalue weighted by atomic mass is 32.2. The van der Waals surface area contributed by atoms with Crippen LogP contribution < -0.4 is 5.73 Å². The van der Waals surface area contributed by atoms with E-state index in [4.69, 9.17) is 5.73 Å². The SMILES string of the molecule is CSc1nc(N)nc(-c2ccccc2C(F)(F)F)c1/C=C/C=O. The molecule has 0 amide bonds. The minimum absolute atomic E-state index is 0.0351. The molecular formula is C15H12F3N3OS. The number of halogens is 3. The molecule has 8 heteroatoms. The summed E-state index contributed by atoms with van der Waals surface area (Å²) >= 11 is 1.20. The highest BCUT2D eigenvalue weighted by Crippen LogP contribution is 2.39. The molecule has 2 rings (SSSR count). The van der Waals surface area contributed by atoms with Crippen molar-refractivity contribution in [1.29, 1.82) is 0 Å². The first-order chi connectivity index (χ1) is 10.9. The molecule has 0 radical (unpaired) electrons. The van der Waals surface area contributed by atoms with Gasteiger partial charge in [0.1, 0.15) is 11.3 Å². The summed E-state index contributed by atoms with van der Waals surface area (Å²) in [6.07, 6.45) is 0.246.